The Morgan fingerprint density at radius 3 is 2.29 bits per heavy atom. The minimum atomic E-state index is 0.737. The van der Waals surface area contributed by atoms with Gasteiger partial charge in [0.2, 0.25) is 0 Å². The number of thiazole rings is 1. The molecule has 0 fully saturated rings. The summed E-state index contributed by atoms with van der Waals surface area (Å²) in [6.07, 6.45) is 0. The van der Waals surface area contributed by atoms with E-state index in [1.165, 1.54) is 5.69 Å². The molecule has 0 saturated carbocycles. The zero-order valence-electron chi connectivity index (χ0n) is 13.8. The molecule has 5 heteroatoms. The van der Waals surface area contributed by atoms with Crippen LogP contribution in [0.4, 0.5) is 16.5 Å². The predicted octanol–water partition coefficient (Wildman–Crippen LogP) is 6.05. The van der Waals surface area contributed by atoms with Crippen LogP contribution in [0.3, 0.4) is 0 Å². The number of benzene rings is 2. The van der Waals surface area contributed by atoms with Crippen LogP contribution in [0.1, 0.15) is 13.8 Å². The summed E-state index contributed by atoms with van der Waals surface area (Å²) in [6.45, 7) is 6.37. The lowest BCUT2D eigenvalue weighted by atomic mass is 10.2. The van der Waals surface area contributed by atoms with Crippen molar-refractivity contribution >= 4 is 39.4 Å². The molecule has 24 heavy (non-hydrogen) atoms. The van der Waals surface area contributed by atoms with Gasteiger partial charge in [-0.3, -0.25) is 0 Å². The van der Waals surface area contributed by atoms with E-state index in [9.17, 15) is 0 Å². The lowest BCUT2D eigenvalue weighted by molar-refractivity contribution is 0.866. The Morgan fingerprint density at radius 2 is 1.67 bits per heavy atom. The van der Waals surface area contributed by atoms with Crippen molar-refractivity contribution in [3.05, 3.63) is 58.9 Å². The molecule has 0 aliphatic carbocycles. The molecular weight excluding hydrogens is 338 g/mol. The van der Waals surface area contributed by atoms with Crippen molar-refractivity contribution in [1.82, 2.24) is 4.98 Å². The number of rotatable bonds is 6. The summed E-state index contributed by atoms with van der Waals surface area (Å²) < 4.78 is 0. The van der Waals surface area contributed by atoms with Crippen molar-refractivity contribution in [2.75, 3.05) is 23.3 Å². The summed E-state index contributed by atoms with van der Waals surface area (Å²) in [5, 5.41) is 7.04. The Kier molecular flexibility index (Phi) is 5.38. The monoisotopic (exact) mass is 357 g/mol. The van der Waals surface area contributed by atoms with E-state index in [2.05, 4.69) is 58.7 Å². The highest BCUT2D eigenvalue weighted by atomic mass is 35.5. The molecule has 0 unspecified atom stereocenters. The molecule has 0 amide bonds. The Bertz CT molecular complexity index is 777. The Hall–Kier alpha value is -2.04. The van der Waals surface area contributed by atoms with Crippen molar-refractivity contribution in [2.24, 2.45) is 0 Å². The smallest absolute Gasteiger partial charge is 0.187 e. The highest BCUT2D eigenvalue weighted by Crippen LogP contribution is 2.28. The highest BCUT2D eigenvalue weighted by molar-refractivity contribution is 7.14. The molecule has 0 atom stereocenters. The van der Waals surface area contributed by atoms with Gasteiger partial charge in [0.05, 0.1) is 5.69 Å². The third kappa shape index (κ3) is 3.89. The zero-order valence-corrected chi connectivity index (χ0v) is 15.4. The van der Waals surface area contributed by atoms with E-state index < -0.39 is 0 Å². The second-order valence-electron chi connectivity index (χ2n) is 5.39. The van der Waals surface area contributed by atoms with E-state index in [1.54, 1.807) is 11.3 Å². The summed E-state index contributed by atoms with van der Waals surface area (Å²) in [6, 6.07) is 16.2. The van der Waals surface area contributed by atoms with Crippen LogP contribution < -0.4 is 10.2 Å². The number of nitrogens with zero attached hydrogens (tertiary/aromatic N) is 2. The van der Waals surface area contributed by atoms with Crippen LogP contribution in [-0.2, 0) is 0 Å². The fourth-order valence-electron chi connectivity index (χ4n) is 2.55. The molecule has 0 spiro atoms. The van der Waals surface area contributed by atoms with Gasteiger partial charge in [-0.1, -0.05) is 23.7 Å². The van der Waals surface area contributed by atoms with Crippen molar-refractivity contribution in [3.63, 3.8) is 0 Å². The maximum atomic E-state index is 5.93. The maximum Gasteiger partial charge on any atom is 0.187 e. The maximum absolute atomic E-state index is 5.93. The Morgan fingerprint density at radius 1 is 1.00 bits per heavy atom. The van der Waals surface area contributed by atoms with Gasteiger partial charge >= 0.3 is 0 Å². The SMILES string of the molecule is CCN(CC)c1ccc(Nc2nc(-c3ccc(Cl)cc3)cs2)cc1. The van der Waals surface area contributed by atoms with Crippen LogP contribution >= 0.6 is 22.9 Å². The lowest BCUT2D eigenvalue weighted by Crippen LogP contribution is -2.21. The molecule has 0 aliphatic heterocycles. The molecule has 1 aromatic heterocycles. The second-order valence-corrected chi connectivity index (χ2v) is 6.68. The van der Waals surface area contributed by atoms with Crippen molar-refractivity contribution in [3.8, 4) is 11.3 Å². The summed E-state index contributed by atoms with van der Waals surface area (Å²) >= 11 is 7.53. The second kappa shape index (κ2) is 7.69. The number of nitrogens with one attached hydrogen (secondary N) is 1. The molecule has 0 bridgehead atoms. The molecule has 3 aromatic rings. The molecule has 0 aliphatic rings. The number of halogens is 1. The number of hydrogen-bond donors (Lipinski definition) is 1. The van der Waals surface area contributed by atoms with E-state index in [4.69, 9.17) is 11.6 Å². The molecule has 124 valence electrons. The first-order chi connectivity index (χ1) is 11.7. The first-order valence-electron chi connectivity index (χ1n) is 8.03. The third-order valence-electron chi connectivity index (χ3n) is 3.89. The van der Waals surface area contributed by atoms with Crippen molar-refractivity contribution in [2.45, 2.75) is 13.8 Å². The summed E-state index contributed by atoms with van der Waals surface area (Å²) in [5.74, 6) is 0. The van der Waals surface area contributed by atoms with Crippen LogP contribution in [0, 0.1) is 0 Å². The normalized spacial score (nSPS) is 10.6. The topological polar surface area (TPSA) is 28.2 Å². The van der Waals surface area contributed by atoms with Gasteiger partial charge in [0.25, 0.3) is 0 Å². The quantitative estimate of drug-likeness (QED) is 0.581. The van der Waals surface area contributed by atoms with Crippen LogP contribution in [-0.4, -0.2) is 18.1 Å². The number of hydrogen-bond acceptors (Lipinski definition) is 4. The standard InChI is InChI=1S/C19H20ClN3S/c1-3-23(4-2)17-11-9-16(10-12-17)21-19-22-18(13-24-19)14-5-7-15(20)8-6-14/h5-13H,3-4H2,1-2H3,(H,21,22). The molecule has 2 aromatic carbocycles. The summed E-state index contributed by atoms with van der Waals surface area (Å²) in [4.78, 5) is 6.97. The van der Waals surface area contributed by atoms with E-state index in [0.29, 0.717) is 0 Å². The molecule has 0 radical (unpaired) electrons. The van der Waals surface area contributed by atoms with Gasteiger partial charge in [-0.2, -0.15) is 0 Å². The van der Waals surface area contributed by atoms with Crippen LogP contribution in [0.2, 0.25) is 5.02 Å². The zero-order chi connectivity index (χ0) is 16.9. The predicted molar refractivity (Wildman–Crippen MR) is 106 cm³/mol. The first kappa shape index (κ1) is 16.8. The van der Waals surface area contributed by atoms with Gasteiger partial charge in [0, 0.05) is 40.4 Å². The third-order valence-corrected chi connectivity index (χ3v) is 4.90. The average Bonchev–Trinajstić information content (AvgIpc) is 3.06. The van der Waals surface area contributed by atoms with Gasteiger partial charge < -0.3 is 10.2 Å². The van der Waals surface area contributed by atoms with Gasteiger partial charge in [-0.15, -0.1) is 11.3 Å². The largest absolute Gasteiger partial charge is 0.372 e. The fourth-order valence-corrected chi connectivity index (χ4v) is 3.42. The van der Waals surface area contributed by atoms with Gasteiger partial charge in [0.15, 0.2) is 5.13 Å². The molecular formula is C19H20ClN3S. The van der Waals surface area contributed by atoms with Crippen molar-refractivity contribution in [1.29, 1.82) is 0 Å². The first-order valence-corrected chi connectivity index (χ1v) is 9.29. The Balaban J connectivity index is 1.71. The Labute approximate surface area is 151 Å². The molecule has 0 saturated heterocycles. The molecule has 3 rings (SSSR count). The minimum Gasteiger partial charge on any atom is -0.372 e. The van der Waals surface area contributed by atoms with Crippen LogP contribution in [0.5, 0.6) is 0 Å². The van der Waals surface area contributed by atoms with Gasteiger partial charge in [-0.05, 0) is 50.2 Å². The number of aromatic nitrogens is 1. The highest BCUT2D eigenvalue weighted by Gasteiger charge is 2.06. The lowest BCUT2D eigenvalue weighted by Gasteiger charge is -2.21. The minimum absolute atomic E-state index is 0.737. The summed E-state index contributed by atoms with van der Waals surface area (Å²) in [7, 11) is 0. The van der Waals surface area contributed by atoms with E-state index in [-0.39, 0.29) is 0 Å². The van der Waals surface area contributed by atoms with E-state index in [0.717, 1.165) is 40.2 Å². The van der Waals surface area contributed by atoms with Crippen molar-refractivity contribution < 1.29 is 0 Å². The molecule has 1 N–H and O–H groups in total. The van der Waals surface area contributed by atoms with Crippen LogP contribution in [0.15, 0.2) is 53.9 Å². The average molecular weight is 358 g/mol. The number of anilines is 3. The summed E-state index contributed by atoms with van der Waals surface area (Å²) in [5.41, 5.74) is 4.31. The molecule has 3 nitrogen and oxygen atoms in total. The fraction of sp³-hybridized carbons (Fsp3) is 0.211. The van der Waals surface area contributed by atoms with E-state index >= 15 is 0 Å². The van der Waals surface area contributed by atoms with E-state index in [1.807, 2.05) is 24.3 Å². The van der Waals surface area contributed by atoms with Crippen LogP contribution in [0.25, 0.3) is 11.3 Å². The van der Waals surface area contributed by atoms with Gasteiger partial charge in [0.1, 0.15) is 0 Å². The molecule has 1 heterocycles. The van der Waals surface area contributed by atoms with Gasteiger partial charge in [-0.25, -0.2) is 4.98 Å².